The monoisotopic (exact) mass is 271 g/mol. The van der Waals surface area contributed by atoms with Crippen LogP contribution in [0.1, 0.15) is 19.0 Å². The van der Waals surface area contributed by atoms with Crippen LogP contribution in [0.2, 0.25) is 0 Å². The molecule has 0 bridgehead atoms. The van der Waals surface area contributed by atoms with Gasteiger partial charge in [0.05, 0.1) is 17.8 Å². The molecule has 2 aromatic rings. The number of nitrogens with one attached hydrogen (secondary N) is 1. The van der Waals surface area contributed by atoms with E-state index in [0.717, 1.165) is 12.1 Å². The molecule has 0 unspecified atom stereocenters. The molecular formula is C12H12F3N3O. The zero-order chi connectivity index (χ0) is 14.0. The Kier molecular flexibility index (Phi) is 3.75. The Morgan fingerprint density at radius 2 is 2.11 bits per heavy atom. The summed E-state index contributed by atoms with van der Waals surface area (Å²) in [5, 5.41) is 0.414. The highest BCUT2D eigenvalue weighted by Crippen LogP contribution is 2.31. The van der Waals surface area contributed by atoms with Crippen LogP contribution in [0.4, 0.5) is 18.9 Å². The molecule has 0 spiro atoms. The van der Waals surface area contributed by atoms with E-state index in [2.05, 4.69) is 10.4 Å². The van der Waals surface area contributed by atoms with Crippen molar-refractivity contribution in [3.05, 3.63) is 29.7 Å². The second-order valence-corrected chi connectivity index (χ2v) is 3.77. The fraction of sp³-hybridized carbons (Fsp3) is 0.250. The van der Waals surface area contributed by atoms with E-state index >= 15 is 0 Å². The zero-order valence-electron chi connectivity index (χ0n) is 10.1. The number of anilines is 1. The first kappa shape index (κ1) is 13.4. The van der Waals surface area contributed by atoms with E-state index in [1.165, 1.54) is 6.07 Å². The second-order valence-electron chi connectivity index (χ2n) is 3.77. The summed E-state index contributed by atoms with van der Waals surface area (Å²) in [6, 6.07) is 3.55. The number of hydrogen-bond donors (Lipinski definition) is 2. The number of benzene rings is 1. The maximum Gasteiger partial charge on any atom is 0.280 e. The third kappa shape index (κ3) is 2.55. The van der Waals surface area contributed by atoms with Gasteiger partial charge in [-0.2, -0.15) is 0 Å². The maximum absolute atomic E-state index is 13.7. The van der Waals surface area contributed by atoms with Gasteiger partial charge in [0.15, 0.2) is 11.6 Å². The first-order chi connectivity index (χ1) is 9.06. The first-order valence-electron chi connectivity index (χ1n) is 5.58. The minimum atomic E-state index is -2.76. The van der Waals surface area contributed by atoms with Gasteiger partial charge in [0.25, 0.3) is 6.43 Å². The summed E-state index contributed by atoms with van der Waals surface area (Å²) in [6.07, 6.45) is -2.76. The normalized spacial score (nSPS) is 11.1. The summed E-state index contributed by atoms with van der Waals surface area (Å²) >= 11 is 0. The molecule has 0 aliphatic carbocycles. The smallest absolute Gasteiger partial charge is 0.280 e. The van der Waals surface area contributed by atoms with Gasteiger partial charge >= 0.3 is 0 Å². The Hall–Kier alpha value is -2.02. The molecule has 0 aliphatic rings. The summed E-state index contributed by atoms with van der Waals surface area (Å²) in [7, 11) is 0. The number of aromatic nitrogens is 1. The lowest BCUT2D eigenvalue weighted by Crippen LogP contribution is -2.09. The van der Waals surface area contributed by atoms with E-state index in [0.29, 0.717) is 5.39 Å². The summed E-state index contributed by atoms with van der Waals surface area (Å²) in [5.41, 5.74) is 2.16. The summed E-state index contributed by atoms with van der Waals surface area (Å²) in [4.78, 5) is 3.70. The van der Waals surface area contributed by atoms with E-state index in [1.54, 1.807) is 6.92 Å². The summed E-state index contributed by atoms with van der Waals surface area (Å²) in [6.45, 7) is 2.00. The van der Waals surface area contributed by atoms with Crippen LogP contribution in [0.5, 0.6) is 5.75 Å². The molecule has 1 heterocycles. The van der Waals surface area contributed by atoms with Gasteiger partial charge in [0, 0.05) is 11.5 Å². The molecule has 1 aromatic heterocycles. The highest BCUT2D eigenvalue weighted by molar-refractivity contribution is 5.92. The van der Waals surface area contributed by atoms with Crippen LogP contribution < -0.4 is 16.0 Å². The van der Waals surface area contributed by atoms with Crippen molar-refractivity contribution in [3.8, 4) is 5.75 Å². The number of hydrazine groups is 1. The first-order valence-corrected chi connectivity index (χ1v) is 5.58. The van der Waals surface area contributed by atoms with E-state index in [-0.39, 0.29) is 23.6 Å². The number of hydrogen-bond acceptors (Lipinski definition) is 4. The van der Waals surface area contributed by atoms with Gasteiger partial charge in [-0.05, 0) is 19.1 Å². The van der Waals surface area contributed by atoms with Crippen LogP contribution in [0.15, 0.2) is 18.2 Å². The lowest BCUT2D eigenvalue weighted by Gasteiger charge is -2.11. The topological polar surface area (TPSA) is 60.2 Å². The van der Waals surface area contributed by atoms with Gasteiger partial charge in [-0.25, -0.2) is 18.2 Å². The van der Waals surface area contributed by atoms with E-state index in [1.807, 2.05) is 0 Å². The van der Waals surface area contributed by atoms with Crippen LogP contribution in [0.3, 0.4) is 0 Å². The van der Waals surface area contributed by atoms with E-state index in [4.69, 9.17) is 10.6 Å². The third-order valence-corrected chi connectivity index (χ3v) is 2.56. The number of fused-ring (bicyclic) bond motifs is 1. The van der Waals surface area contributed by atoms with Crippen LogP contribution in [-0.4, -0.2) is 11.6 Å². The van der Waals surface area contributed by atoms with Crippen molar-refractivity contribution in [2.24, 2.45) is 5.84 Å². The number of nitrogen functional groups attached to an aromatic ring is 1. The number of halogens is 3. The number of rotatable bonds is 4. The molecule has 0 aliphatic heterocycles. The Morgan fingerprint density at radius 3 is 2.68 bits per heavy atom. The molecule has 0 fully saturated rings. The Bertz CT molecular complexity index is 604. The van der Waals surface area contributed by atoms with Gasteiger partial charge in [-0.15, -0.1) is 0 Å². The fourth-order valence-corrected chi connectivity index (χ4v) is 1.75. The lowest BCUT2D eigenvalue weighted by molar-refractivity contribution is 0.146. The molecule has 0 amide bonds. The van der Waals surface area contributed by atoms with Gasteiger partial charge < -0.3 is 10.2 Å². The number of alkyl halides is 2. The second kappa shape index (κ2) is 5.31. The van der Waals surface area contributed by atoms with Crippen molar-refractivity contribution in [1.82, 2.24) is 4.98 Å². The predicted molar refractivity (Wildman–Crippen MR) is 65.6 cm³/mol. The molecular weight excluding hydrogens is 259 g/mol. The molecule has 19 heavy (non-hydrogen) atoms. The SMILES string of the molecule is CCOc1cc2c(NN)cc(C(F)F)nc2cc1F. The van der Waals surface area contributed by atoms with Crippen molar-refractivity contribution in [2.45, 2.75) is 13.3 Å². The van der Waals surface area contributed by atoms with Crippen molar-refractivity contribution in [3.63, 3.8) is 0 Å². The van der Waals surface area contributed by atoms with Crippen molar-refractivity contribution < 1.29 is 17.9 Å². The number of nitrogens with zero attached hydrogens (tertiary/aromatic N) is 1. The Morgan fingerprint density at radius 1 is 1.37 bits per heavy atom. The molecule has 2 rings (SSSR count). The van der Waals surface area contributed by atoms with Crippen LogP contribution in [0.25, 0.3) is 10.9 Å². The van der Waals surface area contributed by atoms with E-state index < -0.39 is 17.9 Å². The molecule has 102 valence electrons. The molecule has 0 saturated heterocycles. The fourth-order valence-electron chi connectivity index (χ4n) is 1.75. The molecule has 0 atom stereocenters. The Balaban J connectivity index is 2.68. The number of nitrogens with two attached hydrogens (primary N) is 1. The van der Waals surface area contributed by atoms with Crippen LogP contribution in [-0.2, 0) is 0 Å². The van der Waals surface area contributed by atoms with E-state index in [9.17, 15) is 13.2 Å². The van der Waals surface area contributed by atoms with Crippen molar-refractivity contribution in [2.75, 3.05) is 12.0 Å². The highest BCUT2D eigenvalue weighted by Gasteiger charge is 2.15. The maximum atomic E-state index is 13.7. The van der Waals surface area contributed by atoms with Crippen LogP contribution >= 0.6 is 0 Å². The molecule has 7 heteroatoms. The van der Waals surface area contributed by atoms with Crippen molar-refractivity contribution >= 4 is 16.6 Å². The molecule has 0 saturated carbocycles. The highest BCUT2D eigenvalue weighted by atomic mass is 19.3. The largest absolute Gasteiger partial charge is 0.491 e. The quantitative estimate of drug-likeness (QED) is 0.663. The number of pyridine rings is 1. The lowest BCUT2D eigenvalue weighted by atomic mass is 10.1. The number of ether oxygens (including phenoxy) is 1. The van der Waals surface area contributed by atoms with Gasteiger partial charge in [-0.1, -0.05) is 0 Å². The predicted octanol–water partition coefficient (Wildman–Crippen LogP) is 3.00. The Labute approximate surface area is 107 Å². The third-order valence-electron chi connectivity index (χ3n) is 2.56. The zero-order valence-corrected chi connectivity index (χ0v) is 10.1. The standard InChI is InChI=1S/C12H12F3N3O/c1-2-19-11-3-6-8(4-7(11)13)17-10(12(14)15)5-9(6)18-16/h3-5,12H,2,16H2,1H3,(H,17,18). The van der Waals surface area contributed by atoms with Crippen LogP contribution in [0, 0.1) is 5.82 Å². The van der Waals surface area contributed by atoms with Gasteiger partial charge in [0.1, 0.15) is 5.69 Å². The molecule has 0 radical (unpaired) electrons. The molecule has 3 N–H and O–H groups in total. The average molecular weight is 271 g/mol. The average Bonchev–Trinajstić information content (AvgIpc) is 2.38. The summed E-state index contributed by atoms with van der Waals surface area (Å²) < 4.78 is 44.1. The van der Waals surface area contributed by atoms with Crippen molar-refractivity contribution in [1.29, 1.82) is 0 Å². The van der Waals surface area contributed by atoms with Gasteiger partial charge in [0.2, 0.25) is 0 Å². The summed E-state index contributed by atoms with van der Waals surface area (Å²) in [5.74, 6) is 4.66. The molecule has 1 aromatic carbocycles. The minimum Gasteiger partial charge on any atom is -0.491 e. The van der Waals surface area contributed by atoms with Gasteiger partial charge in [-0.3, -0.25) is 5.84 Å². The minimum absolute atomic E-state index is 0.0260. The molecule has 4 nitrogen and oxygen atoms in total.